The smallest absolute Gasteiger partial charge is 0.358 e. The lowest BCUT2D eigenvalue weighted by atomic mass is 10.1. The zero-order valence-corrected chi connectivity index (χ0v) is 15.8. The maximum absolute atomic E-state index is 12.2. The number of pyridine rings is 2. The van der Waals surface area contributed by atoms with Gasteiger partial charge in [-0.1, -0.05) is 58.5 Å². The van der Waals surface area contributed by atoms with E-state index < -0.39 is 5.97 Å². The standard InChI is InChI=1S/C17H10Cl4N2O2/c1-8-2-3-9-5-10(16(21)23-12(9)4-8)7-25-17(24)15-14(20)13(19)11(18)6-22-15/h2-6H,7H2,1H3. The highest BCUT2D eigenvalue weighted by Gasteiger charge is 2.19. The quantitative estimate of drug-likeness (QED) is 0.394. The van der Waals surface area contributed by atoms with E-state index in [1.807, 2.05) is 31.2 Å². The van der Waals surface area contributed by atoms with Crippen LogP contribution in [0.5, 0.6) is 0 Å². The average molecular weight is 416 g/mol. The van der Waals surface area contributed by atoms with Gasteiger partial charge in [-0.2, -0.15) is 0 Å². The van der Waals surface area contributed by atoms with Gasteiger partial charge in [0.15, 0.2) is 5.69 Å². The topological polar surface area (TPSA) is 52.1 Å². The van der Waals surface area contributed by atoms with Gasteiger partial charge in [0.2, 0.25) is 0 Å². The van der Waals surface area contributed by atoms with Crippen LogP contribution in [0.1, 0.15) is 21.6 Å². The molecule has 2 aromatic heterocycles. The number of carbonyl (C=O) groups is 1. The number of rotatable bonds is 3. The molecule has 25 heavy (non-hydrogen) atoms. The zero-order chi connectivity index (χ0) is 18.1. The van der Waals surface area contributed by atoms with E-state index in [0.717, 1.165) is 16.5 Å². The van der Waals surface area contributed by atoms with E-state index in [0.29, 0.717) is 5.56 Å². The van der Waals surface area contributed by atoms with E-state index in [1.54, 1.807) is 0 Å². The van der Waals surface area contributed by atoms with Gasteiger partial charge in [-0.25, -0.2) is 14.8 Å². The van der Waals surface area contributed by atoms with E-state index in [9.17, 15) is 4.79 Å². The molecule has 0 unspecified atom stereocenters. The summed E-state index contributed by atoms with van der Waals surface area (Å²) >= 11 is 23.9. The second kappa shape index (κ2) is 7.34. The molecule has 0 atom stereocenters. The number of aryl methyl sites for hydroxylation is 1. The van der Waals surface area contributed by atoms with Gasteiger partial charge in [-0.3, -0.25) is 0 Å². The minimum Gasteiger partial charge on any atom is -0.456 e. The molecule has 2 heterocycles. The van der Waals surface area contributed by atoms with Crippen LogP contribution < -0.4 is 0 Å². The van der Waals surface area contributed by atoms with Crippen LogP contribution in [0.3, 0.4) is 0 Å². The molecule has 4 nitrogen and oxygen atoms in total. The molecule has 0 aliphatic carbocycles. The Balaban J connectivity index is 1.83. The number of benzene rings is 1. The fourth-order valence-corrected chi connectivity index (χ4v) is 2.95. The Labute approximate surface area is 163 Å². The molecule has 0 saturated heterocycles. The summed E-state index contributed by atoms with van der Waals surface area (Å²) < 4.78 is 5.23. The van der Waals surface area contributed by atoms with Gasteiger partial charge in [-0.05, 0) is 24.6 Å². The largest absolute Gasteiger partial charge is 0.456 e. The van der Waals surface area contributed by atoms with Crippen LogP contribution in [0.15, 0.2) is 30.5 Å². The summed E-state index contributed by atoms with van der Waals surface area (Å²) in [5, 5.41) is 1.30. The lowest BCUT2D eigenvalue weighted by molar-refractivity contribution is 0.0466. The third-order valence-corrected chi connectivity index (χ3v) is 5.04. The fourth-order valence-electron chi connectivity index (χ4n) is 2.20. The molecular formula is C17H10Cl4N2O2. The van der Waals surface area contributed by atoms with Crippen molar-refractivity contribution in [1.29, 1.82) is 0 Å². The van der Waals surface area contributed by atoms with E-state index in [2.05, 4.69) is 9.97 Å². The minimum atomic E-state index is -0.733. The summed E-state index contributed by atoms with van der Waals surface area (Å²) in [5.41, 5.74) is 2.31. The molecule has 0 bridgehead atoms. The van der Waals surface area contributed by atoms with E-state index in [-0.39, 0.29) is 32.5 Å². The zero-order valence-electron chi connectivity index (χ0n) is 12.8. The van der Waals surface area contributed by atoms with Crippen molar-refractivity contribution in [2.45, 2.75) is 13.5 Å². The van der Waals surface area contributed by atoms with Gasteiger partial charge in [-0.15, -0.1) is 0 Å². The molecule has 0 aliphatic rings. The number of nitrogens with zero attached hydrogens (tertiary/aromatic N) is 2. The number of aromatic nitrogens is 2. The molecule has 0 spiro atoms. The molecule has 1 aromatic carbocycles. The van der Waals surface area contributed by atoms with Gasteiger partial charge in [0, 0.05) is 17.1 Å². The number of hydrogen-bond acceptors (Lipinski definition) is 4. The first-order chi connectivity index (χ1) is 11.9. The second-order valence-electron chi connectivity index (χ2n) is 5.29. The summed E-state index contributed by atoms with van der Waals surface area (Å²) in [6, 6.07) is 7.64. The van der Waals surface area contributed by atoms with Crippen molar-refractivity contribution in [3.05, 3.63) is 67.5 Å². The van der Waals surface area contributed by atoms with Crippen molar-refractivity contribution >= 4 is 63.3 Å². The van der Waals surface area contributed by atoms with Crippen LogP contribution in [-0.2, 0) is 11.3 Å². The van der Waals surface area contributed by atoms with Crippen LogP contribution >= 0.6 is 46.4 Å². The Bertz CT molecular complexity index is 992. The van der Waals surface area contributed by atoms with Crippen molar-refractivity contribution in [3.63, 3.8) is 0 Å². The fraction of sp³-hybridized carbons (Fsp3) is 0.118. The van der Waals surface area contributed by atoms with Gasteiger partial charge < -0.3 is 4.74 Å². The lowest BCUT2D eigenvalue weighted by Crippen LogP contribution is -2.09. The molecule has 0 fully saturated rings. The normalized spacial score (nSPS) is 10.9. The molecule has 0 N–H and O–H groups in total. The highest BCUT2D eigenvalue weighted by molar-refractivity contribution is 6.48. The van der Waals surface area contributed by atoms with E-state index in [1.165, 1.54) is 6.20 Å². The number of ether oxygens (including phenoxy) is 1. The Hall–Kier alpha value is -1.59. The van der Waals surface area contributed by atoms with Gasteiger partial charge in [0.1, 0.15) is 11.8 Å². The molecule has 0 amide bonds. The first-order valence-electron chi connectivity index (χ1n) is 7.09. The highest BCUT2D eigenvalue weighted by Crippen LogP contribution is 2.31. The van der Waals surface area contributed by atoms with Crippen molar-refractivity contribution in [1.82, 2.24) is 9.97 Å². The molecule has 3 aromatic rings. The van der Waals surface area contributed by atoms with E-state index >= 15 is 0 Å². The predicted molar refractivity (Wildman–Crippen MR) is 99.9 cm³/mol. The van der Waals surface area contributed by atoms with E-state index in [4.69, 9.17) is 51.1 Å². The Kier molecular flexibility index (Phi) is 5.35. The number of fused-ring (bicyclic) bond motifs is 1. The van der Waals surface area contributed by atoms with Crippen LogP contribution in [0.25, 0.3) is 10.9 Å². The number of hydrogen-bond donors (Lipinski definition) is 0. The number of halogens is 4. The van der Waals surface area contributed by atoms with Crippen LogP contribution in [-0.4, -0.2) is 15.9 Å². The third kappa shape index (κ3) is 3.82. The molecule has 0 aliphatic heterocycles. The molecule has 0 radical (unpaired) electrons. The molecular weight excluding hydrogens is 406 g/mol. The summed E-state index contributed by atoms with van der Waals surface area (Å²) in [6.07, 6.45) is 1.24. The maximum atomic E-state index is 12.2. The first kappa shape index (κ1) is 18.2. The predicted octanol–water partition coefficient (Wildman–Crippen LogP) is 5.91. The Morgan fingerprint density at radius 1 is 1.12 bits per heavy atom. The van der Waals surface area contributed by atoms with Crippen molar-refractivity contribution in [2.75, 3.05) is 0 Å². The molecule has 128 valence electrons. The minimum absolute atomic E-state index is 0.0473. The van der Waals surface area contributed by atoms with Gasteiger partial charge in [0.05, 0.1) is 20.6 Å². The van der Waals surface area contributed by atoms with Crippen molar-refractivity contribution in [2.24, 2.45) is 0 Å². The average Bonchev–Trinajstić information content (AvgIpc) is 2.57. The number of carbonyl (C=O) groups excluding carboxylic acids is 1. The van der Waals surface area contributed by atoms with Crippen LogP contribution in [0, 0.1) is 6.92 Å². The maximum Gasteiger partial charge on any atom is 0.358 e. The molecule has 3 rings (SSSR count). The summed E-state index contributed by atoms with van der Waals surface area (Å²) in [6.45, 7) is 1.89. The van der Waals surface area contributed by atoms with Gasteiger partial charge in [0.25, 0.3) is 0 Å². The highest BCUT2D eigenvalue weighted by atomic mass is 35.5. The van der Waals surface area contributed by atoms with Crippen LogP contribution in [0.4, 0.5) is 0 Å². The number of esters is 1. The molecule has 8 heteroatoms. The summed E-state index contributed by atoms with van der Waals surface area (Å²) in [5.74, 6) is -0.733. The lowest BCUT2D eigenvalue weighted by Gasteiger charge is -2.09. The van der Waals surface area contributed by atoms with Crippen LogP contribution in [0.2, 0.25) is 20.2 Å². The SMILES string of the molecule is Cc1ccc2cc(COC(=O)c3ncc(Cl)c(Cl)c3Cl)c(Cl)nc2c1. The summed E-state index contributed by atoms with van der Waals surface area (Å²) in [7, 11) is 0. The van der Waals surface area contributed by atoms with Crippen molar-refractivity contribution in [3.8, 4) is 0 Å². The Morgan fingerprint density at radius 3 is 2.64 bits per heavy atom. The molecule has 0 saturated carbocycles. The third-order valence-electron chi connectivity index (χ3n) is 3.47. The summed E-state index contributed by atoms with van der Waals surface area (Å²) in [4.78, 5) is 20.4. The van der Waals surface area contributed by atoms with Crippen molar-refractivity contribution < 1.29 is 9.53 Å². The monoisotopic (exact) mass is 414 g/mol. The second-order valence-corrected chi connectivity index (χ2v) is 6.81. The van der Waals surface area contributed by atoms with Gasteiger partial charge >= 0.3 is 5.97 Å². The Morgan fingerprint density at radius 2 is 1.88 bits per heavy atom. The first-order valence-corrected chi connectivity index (χ1v) is 8.60.